The molecule has 0 radical (unpaired) electrons. The van der Waals surface area contributed by atoms with Crippen LogP contribution in [0.1, 0.15) is 13.3 Å². The fraction of sp³-hybridized carbons (Fsp3) is 0.900. The van der Waals surface area contributed by atoms with Crippen molar-refractivity contribution in [2.24, 2.45) is 17.1 Å². The van der Waals surface area contributed by atoms with Crippen LogP contribution < -0.4 is 5.73 Å². The van der Waals surface area contributed by atoms with Gasteiger partial charge < -0.3 is 15.4 Å². The van der Waals surface area contributed by atoms with E-state index in [0.717, 1.165) is 26.3 Å². The number of carbonyl (C=O) groups excluding carboxylic acids is 1. The van der Waals surface area contributed by atoms with Crippen molar-refractivity contribution >= 4 is 5.91 Å². The Morgan fingerprint density at radius 3 is 2.79 bits per heavy atom. The lowest BCUT2D eigenvalue weighted by atomic mass is 9.88. The second-order valence-corrected chi connectivity index (χ2v) is 4.88. The third kappa shape index (κ3) is 1.77. The first-order valence-electron chi connectivity index (χ1n) is 5.18. The van der Waals surface area contributed by atoms with Crippen LogP contribution in [-0.2, 0) is 9.53 Å². The maximum Gasteiger partial charge on any atom is 0.222 e. The molecule has 0 bridgehead atoms. The third-order valence-corrected chi connectivity index (χ3v) is 3.10. The zero-order valence-corrected chi connectivity index (χ0v) is 8.66. The van der Waals surface area contributed by atoms with Gasteiger partial charge in [-0.05, 0) is 12.5 Å². The third-order valence-electron chi connectivity index (χ3n) is 3.10. The summed E-state index contributed by atoms with van der Waals surface area (Å²) in [5.74, 6) is 0.626. The molecule has 2 N–H and O–H groups in total. The van der Waals surface area contributed by atoms with Crippen molar-refractivity contribution in [1.29, 1.82) is 0 Å². The van der Waals surface area contributed by atoms with E-state index in [9.17, 15) is 4.79 Å². The van der Waals surface area contributed by atoms with Gasteiger partial charge in [0.15, 0.2) is 0 Å². The number of hydrogen-bond donors (Lipinski definition) is 1. The SMILES string of the molecule is CC1(CN2CC(CN)CC2=O)COC1. The average molecular weight is 198 g/mol. The van der Waals surface area contributed by atoms with Crippen molar-refractivity contribution in [3.63, 3.8) is 0 Å². The predicted octanol–water partition coefficient (Wildman–Crippen LogP) is -0.170. The molecular formula is C10H18N2O2. The van der Waals surface area contributed by atoms with Gasteiger partial charge in [0.2, 0.25) is 5.91 Å². The minimum absolute atomic E-state index is 0.194. The Morgan fingerprint density at radius 1 is 1.64 bits per heavy atom. The van der Waals surface area contributed by atoms with Crippen LogP contribution >= 0.6 is 0 Å². The molecule has 2 aliphatic heterocycles. The molecule has 2 heterocycles. The highest BCUT2D eigenvalue weighted by atomic mass is 16.5. The molecule has 1 atom stereocenters. The van der Waals surface area contributed by atoms with Crippen molar-refractivity contribution in [3.8, 4) is 0 Å². The van der Waals surface area contributed by atoms with Gasteiger partial charge in [0.05, 0.1) is 13.2 Å². The van der Waals surface area contributed by atoms with Crippen molar-refractivity contribution in [3.05, 3.63) is 0 Å². The second-order valence-electron chi connectivity index (χ2n) is 4.88. The van der Waals surface area contributed by atoms with E-state index in [-0.39, 0.29) is 11.3 Å². The molecule has 4 nitrogen and oxygen atoms in total. The van der Waals surface area contributed by atoms with Gasteiger partial charge in [0.25, 0.3) is 0 Å². The summed E-state index contributed by atoms with van der Waals surface area (Å²) in [6.07, 6.45) is 0.632. The summed E-state index contributed by atoms with van der Waals surface area (Å²) < 4.78 is 5.17. The first kappa shape index (κ1) is 9.93. The molecule has 4 heteroatoms. The van der Waals surface area contributed by atoms with Crippen LogP contribution in [0.3, 0.4) is 0 Å². The van der Waals surface area contributed by atoms with E-state index in [1.54, 1.807) is 0 Å². The Morgan fingerprint density at radius 2 is 2.36 bits per heavy atom. The number of amides is 1. The highest BCUT2D eigenvalue weighted by Crippen LogP contribution is 2.30. The quantitative estimate of drug-likeness (QED) is 0.685. The molecule has 0 aliphatic carbocycles. The van der Waals surface area contributed by atoms with Crippen LogP contribution in [0, 0.1) is 11.3 Å². The molecular weight excluding hydrogens is 180 g/mol. The monoisotopic (exact) mass is 198 g/mol. The van der Waals surface area contributed by atoms with E-state index in [4.69, 9.17) is 10.5 Å². The van der Waals surface area contributed by atoms with Gasteiger partial charge in [-0.1, -0.05) is 6.92 Å². The Balaban J connectivity index is 1.89. The topological polar surface area (TPSA) is 55.6 Å². The number of ether oxygens (including phenoxy) is 1. The molecule has 0 aromatic rings. The molecule has 2 aliphatic rings. The van der Waals surface area contributed by atoms with Crippen LogP contribution in [0.25, 0.3) is 0 Å². The van der Waals surface area contributed by atoms with E-state index < -0.39 is 0 Å². The fourth-order valence-electron chi connectivity index (χ4n) is 2.17. The van der Waals surface area contributed by atoms with Gasteiger partial charge in [-0.3, -0.25) is 4.79 Å². The van der Waals surface area contributed by atoms with Crippen LogP contribution in [0.2, 0.25) is 0 Å². The number of likely N-dealkylation sites (tertiary alicyclic amines) is 1. The number of hydrogen-bond acceptors (Lipinski definition) is 3. The van der Waals surface area contributed by atoms with Gasteiger partial charge in [-0.2, -0.15) is 0 Å². The smallest absolute Gasteiger partial charge is 0.222 e. The maximum atomic E-state index is 11.6. The Hall–Kier alpha value is -0.610. The number of carbonyl (C=O) groups is 1. The van der Waals surface area contributed by atoms with Gasteiger partial charge >= 0.3 is 0 Å². The summed E-state index contributed by atoms with van der Waals surface area (Å²) in [6, 6.07) is 0. The lowest BCUT2D eigenvalue weighted by Gasteiger charge is -2.40. The molecule has 0 aromatic carbocycles. The summed E-state index contributed by atoms with van der Waals surface area (Å²) in [6.45, 7) is 6.02. The van der Waals surface area contributed by atoms with Crippen LogP contribution in [0.5, 0.6) is 0 Å². The molecule has 0 spiro atoms. The van der Waals surface area contributed by atoms with E-state index in [1.165, 1.54) is 0 Å². The predicted molar refractivity (Wildman–Crippen MR) is 52.7 cm³/mol. The van der Waals surface area contributed by atoms with E-state index in [2.05, 4.69) is 6.92 Å². The zero-order valence-electron chi connectivity index (χ0n) is 8.66. The van der Waals surface area contributed by atoms with Crippen molar-refractivity contribution in [1.82, 2.24) is 4.90 Å². The van der Waals surface area contributed by atoms with Crippen molar-refractivity contribution in [2.45, 2.75) is 13.3 Å². The maximum absolute atomic E-state index is 11.6. The molecule has 80 valence electrons. The fourth-order valence-corrected chi connectivity index (χ4v) is 2.17. The normalized spacial score (nSPS) is 30.6. The van der Waals surface area contributed by atoms with E-state index in [1.807, 2.05) is 4.90 Å². The van der Waals surface area contributed by atoms with Gasteiger partial charge in [-0.25, -0.2) is 0 Å². The van der Waals surface area contributed by atoms with E-state index in [0.29, 0.717) is 18.9 Å². The lowest BCUT2D eigenvalue weighted by molar-refractivity contribution is -0.140. The Bertz CT molecular complexity index is 238. The number of nitrogens with two attached hydrogens (primary N) is 1. The minimum atomic E-state index is 0.194. The summed E-state index contributed by atoms with van der Waals surface area (Å²) in [5.41, 5.74) is 5.76. The summed E-state index contributed by atoms with van der Waals surface area (Å²) in [5, 5.41) is 0. The molecule has 14 heavy (non-hydrogen) atoms. The molecule has 1 unspecified atom stereocenters. The highest BCUT2D eigenvalue weighted by Gasteiger charge is 2.39. The largest absolute Gasteiger partial charge is 0.380 e. The average Bonchev–Trinajstić information content (AvgIpc) is 2.45. The molecule has 0 saturated carbocycles. The van der Waals surface area contributed by atoms with Crippen molar-refractivity contribution in [2.75, 3.05) is 32.8 Å². The van der Waals surface area contributed by atoms with Gasteiger partial charge in [0.1, 0.15) is 0 Å². The summed E-state index contributed by atoms with van der Waals surface area (Å²) >= 11 is 0. The van der Waals surface area contributed by atoms with Crippen LogP contribution in [0.4, 0.5) is 0 Å². The van der Waals surface area contributed by atoms with Gasteiger partial charge in [0, 0.05) is 24.9 Å². The Kier molecular flexibility index (Phi) is 2.49. The standard InChI is InChI=1S/C10H18N2O2/c1-10(6-14-7-10)5-12-4-8(3-11)2-9(12)13/h8H,2-7,11H2,1H3. The molecule has 0 aromatic heterocycles. The first-order valence-corrected chi connectivity index (χ1v) is 5.18. The minimum Gasteiger partial charge on any atom is -0.380 e. The molecule has 1 amide bonds. The van der Waals surface area contributed by atoms with E-state index >= 15 is 0 Å². The number of rotatable bonds is 3. The highest BCUT2D eigenvalue weighted by molar-refractivity contribution is 5.78. The summed E-state index contributed by atoms with van der Waals surface area (Å²) in [7, 11) is 0. The number of nitrogens with zero attached hydrogens (tertiary/aromatic N) is 1. The lowest BCUT2D eigenvalue weighted by Crippen LogP contribution is -2.49. The molecule has 2 saturated heterocycles. The summed E-state index contributed by atoms with van der Waals surface area (Å²) in [4.78, 5) is 13.5. The van der Waals surface area contributed by atoms with Crippen LogP contribution in [-0.4, -0.2) is 43.7 Å². The molecule has 2 fully saturated rings. The van der Waals surface area contributed by atoms with Crippen LogP contribution in [0.15, 0.2) is 0 Å². The second kappa shape index (κ2) is 3.51. The molecule has 2 rings (SSSR count). The Labute approximate surface area is 84.4 Å². The van der Waals surface area contributed by atoms with Gasteiger partial charge in [-0.15, -0.1) is 0 Å². The first-order chi connectivity index (χ1) is 6.63. The zero-order chi connectivity index (χ0) is 10.2. The van der Waals surface area contributed by atoms with Crippen molar-refractivity contribution < 1.29 is 9.53 Å².